The Hall–Kier alpha value is 0.360. The topological polar surface area (TPSA) is 27.7 Å². The van der Waals surface area contributed by atoms with Crippen LogP contribution in [0.15, 0.2) is 0 Å². The van der Waals surface area contributed by atoms with Gasteiger partial charge in [0.05, 0.1) is 10.9 Å². The Balaban J connectivity index is 2.07. The maximum absolute atomic E-state index is 5.65. The van der Waals surface area contributed by atoms with Crippen LogP contribution >= 0.6 is 15.9 Å². The molecule has 4 heteroatoms. The quantitative estimate of drug-likeness (QED) is 0.401. The summed E-state index contributed by atoms with van der Waals surface area (Å²) < 4.78 is 5.53. The van der Waals surface area contributed by atoms with Gasteiger partial charge in [-0.1, -0.05) is 48.5 Å². The van der Waals surface area contributed by atoms with Crippen LogP contribution in [0.3, 0.4) is 0 Å². The van der Waals surface area contributed by atoms with Gasteiger partial charge in [0.15, 0.2) is 6.29 Å². The average molecular weight is 309 g/mol. The van der Waals surface area contributed by atoms with E-state index in [0.717, 1.165) is 12.8 Å². The van der Waals surface area contributed by atoms with Crippen molar-refractivity contribution >= 4 is 15.9 Å². The minimum atomic E-state index is -0.178. The minimum Gasteiger partial charge on any atom is -0.347 e. The molecule has 1 heterocycles. The fraction of sp³-hybridized carbons (Fsp3) is 1.00. The van der Waals surface area contributed by atoms with E-state index in [1.165, 1.54) is 25.7 Å². The molecule has 0 aliphatic carbocycles. The second kappa shape index (κ2) is 7.72. The summed E-state index contributed by atoms with van der Waals surface area (Å²) in [7, 11) is 0. The third kappa shape index (κ3) is 6.18. The van der Waals surface area contributed by atoms with Gasteiger partial charge in [0.2, 0.25) is 0 Å². The molecule has 1 rings (SSSR count). The van der Waals surface area contributed by atoms with Gasteiger partial charge in [-0.15, -0.1) is 0 Å². The van der Waals surface area contributed by atoms with Gasteiger partial charge in [0.25, 0.3) is 0 Å². The van der Waals surface area contributed by atoms with Crippen LogP contribution in [0, 0.1) is 0 Å². The summed E-state index contributed by atoms with van der Waals surface area (Å²) in [6, 6.07) is 0. The Bertz CT molecular complexity index is 195. The summed E-state index contributed by atoms with van der Waals surface area (Å²) >= 11 is 3.56. The molecule has 0 bridgehead atoms. The number of hydrogen-bond acceptors (Lipinski definition) is 3. The summed E-state index contributed by atoms with van der Waals surface area (Å²) in [5.41, 5.74) is 0. The van der Waals surface area contributed by atoms with Gasteiger partial charge < -0.3 is 4.74 Å². The van der Waals surface area contributed by atoms with Crippen molar-refractivity contribution in [1.29, 1.82) is 0 Å². The first-order chi connectivity index (χ1) is 8.04. The predicted molar refractivity (Wildman–Crippen MR) is 72.1 cm³/mol. The molecule has 0 N–H and O–H groups in total. The van der Waals surface area contributed by atoms with Gasteiger partial charge in [-0.25, -0.2) is 9.78 Å². The lowest BCUT2D eigenvalue weighted by Crippen LogP contribution is -2.43. The Kier molecular flexibility index (Phi) is 7.00. The molecule has 0 radical (unpaired) electrons. The molecule has 1 aliphatic rings. The molecule has 0 spiro atoms. The first-order valence-electron chi connectivity index (χ1n) is 6.66. The van der Waals surface area contributed by atoms with E-state index in [9.17, 15) is 0 Å². The minimum absolute atomic E-state index is 0.0427. The van der Waals surface area contributed by atoms with Gasteiger partial charge in [-0.05, 0) is 20.3 Å². The van der Waals surface area contributed by atoms with E-state index in [1.54, 1.807) is 0 Å². The van der Waals surface area contributed by atoms with Crippen molar-refractivity contribution in [3.05, 3.63) is 0 Å². The Morgan fingerprint density at radius 2 is 1.82 bits per heavy atom. The molecule has 17 heavy (non-hydrogen) atoms. The van der Waals surface area contributed by atoms with Gasteiger partial charge in [-0.3, -0.25) is 0 Å². The first-order valence-corrected chi connectivity index (χ1v) is 7.46. The molecule has 0 aromatic rings. The van der Waals surface area contributed by atoms with Gasteiger partial charge in [0.1, 0.15) is 6.10 Å². The lowest BCUT2D eigenvalue weighted by molar-refractivity contribution is -0.444. The summed E-state index contributed by atoms with van der Waals surface area (Å²) in [5, 5.41) is 0. The third-order valence-electron chi connectivity index (χ3n) is 3.02. The Morgan fingerprint density at radius 3 is 2.35 bits per heavy atom. The molecule has 0 aromatic heterocycles. The monoisotopic (exact) mass is 308 g/mol. The van der Waals surface area contributed by atoms with Crippen LogP contribution in [0.4, 0.5) is 0 Å². The lowest BCUT2D eigenvalue weighted by atomic mass is 10.1. The van der Waals surface area contributed by atoms with Gasteiger partial charge >= 0.3 is 0 Å². The molecule has 3 nitrogen and oxygen atoms in total. The first kappa shape index (κ1) is 15.4. The van der Waals surface area contributed by atoms with Crippen LogP contribution in [0.25, 0.3) is 0 Å². The highest BCUT2D eigenvalue weighted by atomic mass is 79.9. The number of unbranched alkanes of at least 4 members (excludes halogenated alkanes) is 4. The zero-order valence-electron chi connectivity index (χ0n) is 11.2. The smallest absolute Gasteiger partial charge is 0.191 e. The highest BCUT2D eigenvalue weighted by Crippen LogP contribution is 2.28. The standard InChI is InChI=1S/C13H25BrO3/c1-4-5-6-7-8-9-12-15-10-11(16-17-12)13(2,3)14/h11-12H,4-10H2,1-3H3. The van der Waals surface area contributed by atoms with Crippen molar-refractivity contribution in [2.24, 2.45) is 0 Å². The van der Waals surface area contributed by atoms with Crippen LogP contribution in [0.5, 0.6) is 0 Å². The summed E-state index contributed by atoms with van der Waals surface area (Å²) in [6.45, 7) is 6.92. The number of rotatable bonds is 7. The number of alkyl halides is 1. The fourth-order valence-electron chi connectivity index (χ4n) is 1.74. The number of ether oxygens (including phenoxy) is 1. The highest BCUT2D eigenvalue weighted by Gasteiger charge is 2.34. The van der Waals surface area contributed by atoms with Crippen molar-refractivity contribution in [2.75, 3.05) is 6.61 Å². The van der Waals surface area contributed by atoms with Crippen LogP contribution in [0.1, 0.15) is 59.3 Å². The van der Waals surface area contributed by atoms with E-state index in [4.69, 9.17) is 14.5 Å². The number of hydrogen-bond donors (Lipinski definition) is 0. The summed E-state index contributed by atoms with van der Waals surface area (Å²) in [6.07, 6.45) is 7.02. The highest BCUT2D eigenvalue weighted by molar-refractivity contribution is 9.10. The number of halogens is 1. The molecule has 1 aliphatic heterocycles. The van der Waals surface area contributed by atoms with Crippen LogP contribution < -0.4 is 0 Å². The van der Waals surface area contributed by atoms with Crippen molar-refractivity contribution in [1.82, 2.24) is 0 Å². The van der Waals surface area contributed by atoms with Gasteiger partial charge in [-0.2, -0.15) is 0 Å². The van der Waals surface area contributed by atoms with E-state index < -0.39 is 0 Å². The zero-order valence-corrected chi connectivity index (χ0v) is 12.8. The Morgan fingerprint density at radius 1 is 1.12 bits per heavy atom. The Labute approximate surface area is 113 Å². The molecule has 1 fully saturated rings. The van der Waals surface area contributed by atoms with E-state index >= 15 is 0 Å². The largest absolute Gasteiger partial charge is 0.347 e. The molecule has 0 saturated carbocycles. The molecule has 0 aromatic carbocycles. The molecule has 1 saturated heterocycles. The van der Waals surface area contributed by atoms with Crippen LogP contribution in [-0.2, 0) is 14.5 Å². The van der Waals surface area contributed by atoms with Crippen molar-refractivity contribution in [3.8, 4) is 0 Å². The zero-order chi connectivity index (χ0) is 12.7. The van der Waals surface area contributed by atoms with E-state index in [0.29, 0.717) is 6.61 Å². The van der Waals surface area contributed by atoms with Crippen molar-refractivity contribution in [3.63, 3.8) is 0 Å². The molecule has 2 unspecified atom stereocenters. The fourth-order valence-corrected chi connectivity index (χ4v) is 1.95. The van der Waals surface area contributed by atoms with Crippen LogP contribution in [0.2, 0.25) is 0 Å². The SMILES string of the molecule is CCCCCCCC1OCC(C(C)(C)Br)OO1. The van der Waals surface area contributed by atoms with Crippen molar-refractivity contribution in [2.45, 2.75) is 76.0 Å². The molecule has 2 atom stereocenters. The van der Waals surface area contributed by atoms with E-state index in [-0.39, 0.29) is 16.7 Å². The predicted octanol–water partition coefficient (Wildman–Crippen LogP) is 4.19. The summed E-state index contributed by atoms with van der Waals surface area (Å²) in [4.78, 5) is 10.6. The van der Waals surface area contributed by atoms with E-state index in [1.807, 2.05) is 0 Å². The second-order valence-electron chi connectivity index (χ2n) is 5.21. The average Bonchev–Trinajstić information content (AvgIpc) is 2.28. The summed E-state index contributed by atoms with van der Waals surface area (Å²) in [5.74, 6) is 0. The molecule has 102 valence electrons. The normalized spacial score (nSPS) is 26.1. The molecular formula is C13H25BrO3. The second-order valence-corrected chi connectivity index (χ2v) is 7.26. The molecule has 0 amide bonds. The lowest BCUT2D eigenvalue weighted by Gasteiger charge is -2.34. The maximum Gasteiger partial charge on any atom is 0.191 e. The van der Waals surface area contributed by atoms with Gasteiger partial charge in [0, 0.05) is 6.42 Å². The third-order valence-corrected chi connectivity index (χ3v) is 3.53. The van der Waals surface area contributed by atoms with E-state index in [2.05, 4.69) is 36.7 Å². The molecular weight excluding hydrogens is 284 g/mol. The maximum atomic E-state index is 5.65. The van der Waals surface area contributed by atoms with Crippen LogP contribution in [-0.4, -0.2) is 23.3 Å². The van der Waals surface area contributed by atoms with Crippen molar-refractivity contribution < 1.29 is 14.5 Å².